The van der Waals surface area contributed by atoms with Crippen LogP contribution in [0.15, 0.2) is 35.5 Å². The fourth-order valence-corrected chi connectivity index (χ4v) is 1.83. The summed E-state index contributed by atoms with van der Waals surface area (Å²) in [5.41, 5.74) is 0.651. The Hall–Kier alpha value is -2.17. The predicted molar refractivity (Wildman–Crippen MR) is 88.8 cm³/mol. The predicted octanol–water partition coefficient (Wildman–Crippen LogP) is 2.31. The lowest BCUT2D eigenvalue weighted by atomic mass is 10.2. The van der Waals surface area contributed by atoms with Gasteiger partial charge in [0.25, 0.3) is 5.91 Å². The zero-order valence-corrected chi connectivity index (χ0v) is 13.5. The van der Waals surface area contributed by atoms with Gasteiger partial charge >= 0.3 is 6.03 Å². The number of carbonyl (C=O) groups excluding carboxylic acids is 2. The van der Waals surface area contributed by atoms with Gasteiger partial charge in [0.05, 0.1) is 0 Å². The number of rotatable bonds is 5. The van der Waals surface area contributed by atoms with E-state index >= 15 is 0 Å². The van der Waals surface area contributed by atoms with Gasteiger partial charge in [-0.1, -0.05) is 17.7 Å². The molecule has 0 heterocycles. The summed E-state index contributed by atoms with van der Waals surface area (Å²) in [6.45, 7) is 2.08. The van der Waals surface area contributed by atoms with E-state index in [1.807, 2.05) is 0 Å². The number of urea groups is 1. The van der Waals surface area contributed by atoms with Crippen molar-refractivity contribution in [2.45, 2.75) is 6.92 Å². The van der Waals surface area contributed by atoms with Gasteiger partial charge < -0.3 is 10.6 Å². The second-order valence-corrected chi connectivity index (χ2v) is 5.06. The van der Waals surface area contributed by atoms with Crippen LogP contribution < -0.4 is 16.0 Å². The number of carbonyl (C=O) groups is 2. The minimum atomic E-state index is -0.786. The zero-order valence-electron chi connectivity index (χ0n) is 11.8. The van der Waals surface area contributed by atoms with Gasteiger partial charge in [-0.25, -0.2) is 4.79 Å². The first-order valence-electron chi connectivity index (χ1n) is 6.31. The molecule has 1 rings (SSSR count). The van der Waals surface area contributed by atoms with Crippen molar-refractivity contribution in [2.24, 2.45) is 0 Å². The average Bonchev–Trinajstić information content (AvgIpc) is 2.45. The van der Waals surface area contributed by atoms with Gasteiger partial charge in [0, 0.05) is 28.7 Å². The molecule has 0 aromatic heterocycles. The first-order valence-corrected chi connectivity index (χ1v) is 7.32. The van der Waals surface area contributed by atoms with Crippen LogP contribution in [0.5, 0.6) is 0 Å². The molecular weight excluding hydrogens is 324 g/mol. The van der Waals surface area contributed by atoms with Crippen molar-refractivity contribution in [3.05, 3.63) is 40.6 Å². The number of hydrogen-bond acceptors (Lipinski definition) is 5. The largest absolute Gasteiger partial charge is 0.387 e. The van der Waals surface area contributed by atoms with Crippen molar-refractivity contribution in [1.82, 2.24) is 10.6 Å². The van der Waals surface area contributed by atoms with Crippen LogP contribution in [0.4, 0.5) is 10.5 Å². The molecule has 3 amide bonds. The van der Waals surface area contributed by atoms with Gasteiger partial charge in [0.1, 0.15) is 11.6 Å². The van der Waals surface area contributed by atoms with E-state index in [4.69, 9.17) is 16.9 Å². The molecule has 22 heavy (non-hydrogen) atoms. The molecule has 1 aromatic rings. The summed E-state index contributed by atoms with van der Waals surface area (Å²) in [6.07, 6.45) is 0. The number of benzene rings is 1. The Labute approximate surface area is 138 Å². The second kappa shape index (κ2) is 8.97. The highest BCUT2D eigenvalue weighted by atomic mass is 35.5. The third kappa shape index (κ3) is 5.68. The molecule has 0 aliphatic heterocycles. The maximum atomic E-state index is 11.9. The van der Waals surface area contributed by atoms with Crippen LogP contribution in [-0.4, -0.2) is 24.2 Å². The maximum Gasteiger partial charge on any atom is 0.326 e. The minimum absolute atomic E-state index is 0.164. The lowest BCUT2D eigenvalue weighted by Gasteiger charge is -2.09. The molecule has 0 saturated heterocycles. The zero-order chi connectivity index (χ0) is 16.5. The van der Waals surface area contributed by atoms with Crippen molar-refractivity contribution in [1.29, 1.82) is 5.26 Å². The van der Waals surface area contributed by atoms with Crippen LogP contribution in [0.2, 0.25) is 5.02 Å². The van der Waals surface area contributed by atoms with Gasteiger partial charge in [0.2, 0.25) is 0 Å². The van der Waals surface area contributed by atoms with Gasteiger partial charge in [0.15, 0.2) is 0 Å². The highest BCUT2D eigenvalue weighted by molar-refractivity contribution is 7.80. The van der Waals surface area contributed by atoms with Crippen LogP contribution in [0.25, 0.3) is 0 Å². The van der Waals surface area contributed by atoms with Gasteiger partial charge in [-0.3, -0.25) is 10.1 Å². The molecule has 0 saturated carbocycles. The number of allylic oxidation sites excluding steroid dienone is 1. The van der Waals surface area contributed by atoms with E-state index in [1.54, 1.807) is 31.2 Å². The monoisotopic (exact) mass is 338 g/mol. The standard InChI is InChI=1S/C14H15ClN4O2S/c1-9(17-5-6-22)12(8-16)13(20)19-14(21)18-11-4-2-3-10(15)7-11/h2-4,7,17,22H,5-6H2,1H3,(H2,18,19,20,21). The van der Waals surface area contributed by atoms with E-state index in [-0.39, 0.29) is 5.57 Å². The summed E-state index contributed by atoms with van der Waals surface area (Å²) < 4.78 is 0. The molecule has 1 aromatic carbocycles. The molecule has 0 unspecified atom stereocenters. The second-order valence-electron chi connectivity index (χ2n) is 4.18. The van der Waals surface area contributed by atoms with Crippen molar-refractivity contribution >= 4 is 41.9 Å². The van der Waals surface area contributed by atoms with Crippen molar-refractivity contribution in [3.8, 4) is 6.07 Å². The summed E-state index contributed by atoms with van der Waals surface area (Å²) in [6, 6.07) is 7.49. The Morgan fingerprint density at radius 2 is 2.14 bits per heavy atom. The maximum absolute atomic E-state index is 11.9. The normalized spacial score (nSPS) is 11.0. The molecular formula is C14H15ClN4O2S. The first-order chi connectivity index (χ1) is 10.5. The van der Waals surface area contributed by atoms with Crippen LogP contribution in [-0.2, 0) is 4.79 Å². The van der Waals surface area contributed by atoms with Crippen molar-refractivity contribution in [2.75, 3.05) is 17.6 Å². The molecule has 0 aliphatic carbocycles. The van der Waals surface area contributed by atoms with E-state index in [0.29, 0.717) is 28.7 Å². The Balaban J connectivity index is 2.70. The van der Waals surface area contributed by atoms with Crippen molar-refractivity contribution < 1.29 is 9.59 Å². The number of hydrogen-bond donors (Lipinski definition) is 4. The van der Waals surface area contributed by atoms with Crippen LogP contribution >= 0.6 is 24.2 Å². The number of amides is 3. The molecule has 0 radical (unpaired) electrons. The molecule has 0 bridgehead atoms. The Morgan fingerprint density at radius 3 is 2.73 bits per heavy atom. The SMILES string of the molecule is CC(NCCS)=C(C#N)C(=O)NC(=O)Nc1cccc(Cl)c1. The number of imide groups is 1. The van der Waals surface area contributed by atoms with E-state index in [9.17, 15) is 9.59 Å². The first kappa shape index (κ1) is 17.9. The van der Waals surface area contributed by atoms with E-state index in [1.165, 1.54) is 6.07 Å². The number of nitrogens with zero attached hydrogens (tertiary/aromatic N) is 1. The van der Waals surface area contributed by atoms with Crippen molar-refractivity contribution in [3.63, 3.8) is 0 Å². The molecule has 0 fully saturated rings. The molecule has 3 N–H and O–H groups in total. The number of nitriles is 1. The summed E-state index contributed by atoms with van der Waals surface area (Å²) in [7, 11) is 0. The lowest BCUT2D eigenvalue weighted by Crippen LogP contribution is -2.36. The van der Waals surface area contributed by atoms with E-state index < -0.39 is 11.9 Å². The summed E-state index contributed by atoms with van der Waals surface area (Å²) in [5, 5.41) is 16.9. The number of thiol groups is 1. The topological polar surface area (TPSA) is 94.0 Å². The van der Waals surface area contributed by atoms with E-state index in [0.717, 1.165) is 0 Å². The Kier molecular flexibility index (Phi) is 7.29. The average molecular weight is 339 g/mol. The Morgan fingerprint density at radius 1 is 1.41 bits per heavy atom. The fraction of sp³-hybridized carbons (Fsp3) is 0.214. The number of halogens is 1. The smallest absolute Gasteiger partial charge is 0.326 e. The summed E-state index contributed by atoms with van der Waals surface area (Å²) in [5.74, 6) is -0.237. The minimum Gasteiger partial charge on any atom is -0.387 e. The molecule has 6 nitrogen and oxygen atoms in total. The van der Waals surface area contributed by atoms with Gasteiger partial charge in [-0.2, -0.15) is 17.9 Å². The van der Waals surface area contributed by atoms with Gasteiger partial charge in [-0.15, -0.1) is 0 Å². The van der Waals surface area contributed by atoms with Gasteiger partial charge in [-0.05, 0) is 25.1 Å². The number of nitrogens with one attached hydrogen (secondary N) is 3. The fourth-order valence-electron chi connectivity index (χ4n) is 1.53. The summed E-state index contributed by atoms with van der Waals surface area (Å²) in [4.78, 5) is 23.6. The van der Waals surface area contributed by atoms with Crippen LogP contribution in [0.1, 0.15) is 6.92 Å². The highest BCUT2D eigenvalue weighted by Crippen LogP contribution is 2.14. The molecule has 0 aliphatic rings. The lowest BCUT2D eigenvalue weighted by molar-refractivity contribution is -0.116. The highest BCUT2D eigenvalue weighted by Gasteiger charge is 2.15. The number of anilines is 1. The molecule has 0 spiro atoms. The molecule has 0 atom stereocenters. The quantitative estimate of drug-likeness (QED) is 0.376. The third-order valence-electron chi connectivity index (χ3n) is 2.53. The van der Waals surface area contributed by atoms with Crippen LogP contribution in [0.3, 0.4) is 0 Å². The Bertz CT molecular complexity index is 640. The summed E-state index contributed by atoms with van der Waals surface area (Å²) >= 11 is 9.81. The molecule has 116 valence electrons. The molecule has 8 heteroatoms. The third-order valence-corrected chi connectivity index (χ3v) is 2.98. The van der Waals surface area contributed by atoms with Crippen LogP contribution in [0, 0.1) is 11.3 Å². The van der Waals surface area contributed by atoms with E-state index in [2.05, 4.69) is 28.6 Å².